The molecule has 7 heteroatoms. The monoisotopic (exact) mass is 484 g/mol. The molecule has 0 unspecified atom stereocenters. The van der Waals surface area contributed by atoms with Crippen LogP contribution in [0.4, 0.5) is 8.78 Å². The zero-order valence-electron chi connectivity index (χ0n) is 15.1. The second-order valence-corrected chi connectivity index (χ2v) is 5.97. The second kappa shape index (κ2) is 10.2. The van der Waals surface area contributed by atoms with Gasteiger partial charge < -0.3 is 15.6 Å². The van der Waals surface area contributed by atoms with Gasteiger partial charge in [-0.1, -0.05) is 18.2 Å². The lowest BCUT2D eigenvalue weighted by molar-refractivity contribution is 0.585. The van der Waals surface area contributed by atoms with Crippen LogP contribution in [0.1, 0.15) is 18.1 Å². The predicted octanol–water partition coefficient (Wildman–Crippen LogP) is 4.36. The Morgan fingerprint density at radius 3 is 2.70 bits per heavy atom. The summed E-state index contributed by atoms with van der Waals surface area (Å²) in [5.41, 5.74) is 2.57. The van der Waals surface area contributed by atoms with Crippen molar-refractivity contribution in [2.75, 3.05) is 13.1 Å². The molecule has 27 heavy (non-hydrogen) atoms. The Bertz CT molecular complexity index is 908. The molecule has 0 aliphatic rings. The number of aromatic nitrogens is 1. The van der Waals surface area contributed by atoms with Crippen molar-refractivity contribution in [2.45, 2.75) is 19.9 Å². The maximum atomic E-state index is 13.7. The number of nitrogens with zero attached hydrogens (tertiary/aromatic N) is 1. The van der Waals surface area contributed by atoms with Crippen LogP contribution in [0.2, 0.25) is 0 Å². The molecule has 2 aromatic carbocycles. The van der Waals surface area contributed by atoms with Crippen LogP contribution in [0.5, 0.6) is 0 Å². The molecular weight excluding hydrogens is 461 g/mol. The van der Waals surface area contributed by atoms with E-state index in [-0.39, 0.29) is 36.1 Å². The minimum Gasteiger partial charge on any atom is -0.361 e. The molecule has 0 bridgehead atoms. The largest absolute Gasteiger partial charge is 0.361 e. The van der Waals surface area contributed by atoms with Crippen LogP contribution in [-0.4, -0.2) is 24.0 Å². The van der Waals surface area contributed by atoms with Crippen LogP contribution in [0.25, 0.3) is 10.9 Å². The number of rotatable bonds is 6. The molecule has 144 valence electrons. The van der Waals surface area contributed by atoms with E-state index in [1.165, 1.54) is 17.0 Å². The number of fused-ring (bicyclic) bond motifs is 1. The summed E-state index contributed by atoms with van der Waals surface area (Å²) in [6.07, 6.45) is 2.83. The van der Waals surface area contributed by atoms with Crippen LogP contribution < -0.4 is 10.6 Å². The number of hydrogen-bond donors (Lipinski definition) is 3. The fourth-order valence-corrected chi connectivity index (χ4v) is 2.82. The molecule has 0 saturated carbocycles. The first-order valence-electron chi connectivity index (χ1n) is 8.68. The summed E-state index contributed by atoms with van der Waals surface area (Å²) in [5.74, 6) is -0.338. The van der Waals surface area contributed by atoms with E-state index in [0.717, 1.165) is 24.1 Å². The second-order valence-electron chi connectivity index (χ2n) is 5.97. The summed E-state index contributed by atoms with van der Waals surface area (Å²) in [6.45, 7) is 3.40. The lowest BCUT2D eigenvalue weighted by Crippen LogP contribution is -2.38. The molecule has 0 amide bonds. The van der Waals surface area contributed by atoms with Crippen LogP contribution in [0.3, 0.4) is 0 Å². The van der Waals surface area contributed by atoms with E-state index in [9.17, 15) is 8.78 Å². The quantitative estimate of drug-likeness (QED) is 0.277. The van der Waals surface area contributed by atoms with E-state index in [2.05, 4.69) is 26.7 Å². The normalized spacial score (nSPS) is 11.3. The summed E-state index contributed by atoms with van der Waals surface area (Å²) in [6, 6.07) is 11.6. The molecule has 4 nitrogen and oxygen atoms in total. The van der Waals surface area contributed by atoms with Gasteiger partial charge >= 0.3 is 0 Å². The predicted molar refractivity (Wildman–Crippen MR) is 117 cm³/mol. The van der Waals surface area contributed by atoms with Gasteiger partial charge in [0.25, 0.3) is 0 Å². The van der Waals surface area contributed by atoms with Crippen molar-refractivity contribution in [1.29, 1.82) is 0 Å². The van der Waals surface area contributed by atoms with Crippen molar-refractivity contribution in [1.82, 2.24) is 15.6 Å². The molecule has 3 aromatic rings. The standard InChI is InChI=1S/C20H22F2N4.HI/c1-2-23-20(26-13-15-11-16(21)7-8-18(15)22)24-10-9-14-12-25-19-6-4-3-5-17(14)19;/h3-8,11-12,25H,2,9-10,13H2,1H3,(H2,23,24,26);1H. The first-order chi connectivity index (χ1) is 12.7. The highest BCUT2D eigenvalue weighted by Crippen LogP contribution is 2.17. The van der Waals surface area contributed by atoms with Gasteiger partial charge in [-0.2, -0.15) is 0 Å². The number of hydrogen-bond acceptors (Lipinski definition) is 1. The Hall–Kier alpha value is -2.16. The number of H-pyrrole nitrogens is 1. The molecular formula is C20H23F2IN4. The van der Waals surface area contributed by atoms with E-state index in [1.54, 1.807) is 0 Å². The van der Waals surface area contributed by atoms with Crippen LogP contribution in [0, 0.1) is 11.6 Å². The first-order valence-corrected chi connectivity index (χ1v) is 8.68. The fourth-order valence-electron chi connectivity index (χ4n) is 2.82. The van der Waals surface area contributed by atoms with E-state index < -0.39 is 11.6 Å². The lowest BCUT2D eigenvalue weighted by atomic mass is 10.1. The van der Waals surface area contributed by atoms with Gasteiger partial charge in [-0.3, -0.25) is 0 Å². The third kappa shape index (κ3) is 5.66. The lowest BCUT2D eigenvalue weighted by Gasteiger charge is -2.11. The van der Waals surface area contributed by atoms with Crippen molar-refractivity contribution in [2.24, 2.45) is 4.99 Å². The highest BCUT2D eigenvalue weighted by atomic mass is 127. The van der Waals surface area contributed by atoms with Crippen molar-refractivity contribution >= 4 is 40.8 Å². The molecule has 3 rings (SSSR count). The Kier molecular flexibility index (Phi) is 8.02. The highest BCUT2D eigenvalue weighted by Gasteiger charge is 2.06. The number of nitrogens with one attached hydrogen (secondary N) is 3. The van der Waals surface area contributed by atoms with Gasteiger partial charge in [0.05, 0.1) is 6.54 Å². The number of guanidine groups is 1. The molecule has 0 radical (unpaired) electrons. The van der Waals surface area contributed by atoms with E-state index in [0.29, 0.717) is 19.0 Å². The Balaban J connectivity index is 0.00000261. The molecule has 1 heterocycles. The molecule has 0 saturated heterocycles. The molecule has 0 aliphatic carbocycles. The van der Waals surface area contributed by atoms with Crippen molar-refractivity contribution < 1.29 is 8.78 Å². The molecule has 0 aliphatic heterocycles. The molecule has 1 aromatic heterocycles. The maximum Gasteiger partial charge on any atom is 0.191 e. The van der Waals surface area contributed by atoms with Crippen LogP contribution >= 0.6 is 24.0 Å². The van der Waals surface area contributed by atoms with Crippen LogP contribution in [0.15, 0.2) is 53.7 Å². The van der Waals surface area contributed by atoms with Crippen molar-refractivity contribution in [3.05, 3.63) is 71.4 Å². The smallest absolute Gasteiger partial charge is 0.191 e. The van der Waals surface area contributed by atoms with Crippen molar-refractivity contribution in [3.8, 4) is 0 Å². The number of para-hydroxylation sites is 1. The number of halogens is 3. The fraction of sp³-hybridized carbons (Fsp3) is 0.250. The van der Waals surface area contributed by atoms with Gasteiger partial charge in [0.1, 0.15) is 11.6 Å². The van der Waals surface area contributed by atoms with Crippen molar-refractivity contribution in [3.63, 3.8) is 0 Å². The molecule has 0 spiro atoms. The first kappa shape index (κ1) is 21.1. The van der Waals surface area contributed by atoms with Gasteiger partial charge in [-0.15, -0.1) is 24.0 Å². The summed E-state index contributed by atoms with van der Waals surface area (Å²) in [7, 11) is 0. The number of benzene rings is 2. The van der Waals surface area contributed by atoms with Gasteiger partial charge in [0, 0.05) is 35.8 Å². The van der Waals surface area contributed by atoms with Crippen LogP contribution in [-0.2, 0) is 13.0 Å². The van der Waals surface area contributed by atoms with Gasteiger partial charge in [-0.25, -0.2) is 13.8 Å². The number of aromatic amines is 1. The maximum absolute atomic E-state index is 13.7. The third-order valence-corrected chi connectivity index (χ3v) is 4.12. The van der Waals surface area contributed by atoms with Gasteiger partial charge in [0.2, 0.25) is 0 Å². The summed E-state index contributed by atoms with van der Waals surface area (Å²) >= 11 is 0. The molecule has 0 fully saturated rings. The summed E-state index contributed by atoms with van der Waals surface area (Å²) in [5, 5.41) is 7.56. The molecule has 3 N–H and O–H groups in total. The zero-order chi connectivity index (χ0) is 18.4. The minimum absolute atomic E-state index is 0. The Morgan fingerprint density at radius 2 is 1.89 bits per heavy atom. The summed E-state index contributed by atoms with van der Waals surface area (Å²) in [4.78, 5) is 7.61. The minimum atomic E-state index is -0.464. The molecule has 0 atom stereocenters. The van der Waals surface area contributed by atoms with Gasteiger partial charge in [-0.05, 0) is 43.2 Å². The van der Waals surface area contributed by atoms with Gasteiger partial charge in [0.15, 0.2) is 5.96 Å². The van der Waals surface area contributed by atoms with E-state index in [1.807, 2.05) is 31.3 Å². The Morgan fingerprint density at radius 1 is 1.07 bits per heavy atom. The van der Waals surface area contributed by atoms with E-state index in [4.69, 9.17) is 0 Å². The zero-order valence-corrected chi connectivity index (χ0v) is 17.4. The Labute approximate surface area is 174 Å². The average Bonchev–Trinajstić information content (AvgIpc) is 3.05. The van der Waals surface area contributed by atoms with E-state index >= 15 is 0 Å². The average molecular weight is 484 g/mol. The SMILES string of the molecule is CCNC(=NCc1cc(F)ccc1F)NCCc1c[nH]c2ccccc12.I. The highest BCUT2D eigenvalue weighted by molar-refractivity contribution is 14.0. The summed E-state index contributed by atoms with van der Waals surface area (Å²) < 4.78 is 27.0. The third-order valence-electron chi connectivity index (χ3n) is 4.12. The number of aliphatic imine (C=N–C) groups is 1. The topological polar surface area (TPSA) is 52.2 Å².